The minimum Gasteiger partial charge on any atom is -0.479 e. The lowest BCUT2D eigenvalue weighted by molar-refractivity contribution is -0.160. The van der Waals surface area contributed by atoms with E-state index in [0.717, 1.165) is 54.0 Å². The smallest absolute Gasteiger partial charge is 0.337 e. The van der Waals surface area contributed by atoms with Crippen molar-refractivity contribution in [2.75, 3.05) is 18.0 Å². The fraction of sp³-hybridized carbons (Fsp3) is 0.519. The molecule has 8 heteroatoms. The lowest BCUT2D eigenvalue weighted by Crippen LogP contribution is -2.39. The second-order valence-corrected chi connectivity index (χ2v) is 11.4. The Bertz CT molecular complexity index is 1320. The number of carboxylic acid groups (broad SMARTS) is 1. The first-order chi connectivity index (χ1) is 16.3. The van der Waals surface area contributed by atoms with E-state index < -0.39 is 17.7 Å². The second kappa shape index (κ2) is 8.82. The Balaban J connectivity index is 2.00. The summed E-state index contributed by atoms with van der Waals surface area (Å²) in [4.78, 5) is 37.1. The van der Waals surface area contributed by atoms with Crippen LogP contribution in [-0.4, -0.2) is 44.7 Å². The van der Waals surface area contributed by atoms with Crippen molar-refractivity contribution in [3.05, 3.63) is 45.6 Å². The van der Waals surface area contributed by atoms with Crippen LogP contribution in [0.25, 0.3) is 22.2 Å². The predicted octanol–water partition coefficient (Wildman–Crippen LogP) is 5.10. The normalized spacial score (nSPS) is 17.1. The molecule has 3 aromatic rings. The van der Waals surface area contributed by atoms with Crippen LogP contribution in [0.5, 0.6) is 0 Å². The van der Waals surface area contributed by atoms with Gasteiger partial charge in [0.15, 0.2) is 6.10 Å². The molecule has 1 aliphatic rings. The Hall–Kier alpha value is -3.13. The number of nitrogens with zero attached hydrogens (tertiary/aromatic N) is 2. The highest BCUT2D eigenvalue weighted by molar-refractivity contribution is 5.91. The summed E-state index contributed by atoms with van der Waals surface area (Å²) in [5, 5.41) is 10.3. The first-order valence-corrected chi connectivity index (χ1v) is 12.1. The number of anilines is 1. The van der Waals surface area contributed by atoms with Crippen LogP contribution in [-0.2, 0) is 9.53 Å². The predicted molar refractivity (Wildman–Crippen MR) is 138 cm³/mol. The van der Waals surface area contributed by atoms with Gasteiger partial charge in [0, 0.05) is 35.6 Å². The molecule has 1 aliphatic heterocycles. The van der Waals surface area contributed by atoms with E-state index in [1.165, 1.54) is 0 Å². The highest BCUT2D eigenvalue weighted by Gasteiger charge is 2.36. The van der Waals surface area contributed by atoms with Crippen molar-refractivity contribution >= 4 is 22.7 Å². The monoisotopic (exact) mass is 480 g/mol. The number of rotatable bonds is 5. The number of nitrogens with one attached hydrogen (secondary N) is 2. The van der Waals surface area contributed by atoms with Gasteiger partial charge < -0.3 is 24.7 Å². The van der Waals surface area contributed by atoms with Crippen molar-refractivity contribution in [3.8, 4) is 11.1 Å². The summed E-state index contributed by atoms with van der Waals surface area (Å²) in [6.07, 6.45) is 0.824. The number of hydrogen-bond acceptors (Lipinski definition) is 5. The molecule has 1 unspecified atom stereocenters. The van der Waals surface area contributed by atoms with Crippen molar-refractivity contribution < 1.29 is 14.6 Å². The Morgan fingerprint density at radius 1 is 1.11 bits per heavy atom. The number of ether oxygens (including phenoxy) is 1. The molecular weight excluding hydrogens is 444 g/mol. The molecule has 0 radical (unpaired) electrons. The molecule has 0 aliphatic carbocycles. The molecule has 0 spiro atoms. The summed E-state index contributed by atoms with van der Waals surface area (Å²) < 4.78 is 6.12. The second-order valence-electron chi connectivity index (χ2n) is 11.4. The van der Waals surface area contributed by atoms with Crippen molar-refractivity contribution in [1.82, 2.24) is 15.0 Å². The SMILES string of the molecule is Cc1nc(C)c(C(OC(C)(C)C)C(=O)O)c(N2CCC(C)(C)CC2)c1-c1ccc2[nH]c(=O)[nH]c2c1. The number of aryl methyl sites for hydroxylation is 2. The van der Waals surface area contributed by atoms with Gasteiger partial charge in [-0.1, -0.05) is 19.9 Å². The lowest BCUT2D eigenvalue weighted by atomic mass is 9.81. The van der Waals surface area contributed by atoms with E-state index in [9.17, 15) is 14.7 Å². The Morgan fingerprint density at radius 2 is 1.74 bits per heavy atom. The van der Waals surface area contributed by atoms with Crippen molar-refractivity contribution in [3.63, 3.8) is 0 Å². The van der Waals surface area contributed by atoms with Crippen LogP contribution < -0.4 is 10.6 Å². The standard InChI is InChI=1S/C27H36N4O4/c1-15-20(17-8-9-18-19(14-17)30-25(34)29-18)22(31-12-10-27(6,7)11-13-31)21(16(2)28-15)23(24(32)33)35-26(3,4)5/h8-9,14,23H,10-13H2,1-7H3,(H,32,33)(H2,29,30,34). The molecule has 0 amide bonds. The van der Waals surface area contributed by atoms with Gasteiger partial charge in [0.1, 0.15) is 0 Å². The van der Waals surface area contributed by atoms with E-state index in [4.69, 9.17) is 9.72 Å². The van der Waals surface area contributed by atoms with Crippen LogP contribution in [0.15, 0.2) is 23.0 Å². The van der Waals surface area contributed by atoms with E-state index in [-0.39, 0.29) is 11.1 Å². The van der Waals surface area contributed by atoms with Crippen LogP contribution in [0.3, 0.4) is 0 Å². The number of pyridine rings is 1. The van der Waals surface area contributed by atoms with Gasteiger partial charge >= 0.3 is 11.7 Å². The third-order valence-electron chi connectivity index (χ3n) is 6.77. The van der Waals surface area contributed by atoms with E-state index in [1.807, 2.05) is 52.8 Å². The molecule has 1 atom stereocenters. The molecule has 0 bridgehead atoms. The number of aromatic amines is 2. The number of hydrogen-bond donors (Lipinski definition) is 3. The minimum absolute atomic E-state index is 0.228. The third kappa shape index (κ3) is 5.12. The van der Waals surface area contributed by atoms with Gasteiger partial charge in [-0.3, -0.25) is 4.98 Å². The summed E-state index contributed by atoms with van der Waals surface area (Å²) in [5.74, 6) is -1.04. The first-order valence-electron chi connectivity index (χ1n) is 12.1. The first kappa shape index (κ1) is 25.0. The summed E-state index contributed by atoms with van der Waals surface area (Å²) in [6, 6.07) is 5.74. The van der Waals surface area contributed by atoms with E-state index in [1.54, 1.807) is 0 Å². The maximum atomic E-state index is 12.6. The number of benzene rings is 1. The van der Waals surface area contributed by atoms with Crippen LogP contribution >= 0.6 is 0 Å². The Kier molecular flexibility index (Phi) is 6.30. The third-order valence-corrected chi connectivity index (χ3v) is 6.77. The van der Waals surface area contributed by atoms with Crippen molar-refractivity contribution in [2.24, 2.45) is 5.41 Å². The Morgan fingerprint density at radius 3 is 2.34 bits per heavy atom. The maximum Gasteiger partial charge on any atom is 0.337 e. The quantitative estimate of drug-likeness (QED) is 0.468. The summed E-state index contributed by atoms with van der Waals surface area (Å²) in [5.41, 5.74) is 5.38. The molecule has 1 saturated heterocycles. The minimum atomic E-state index is -1.16. The summed E-state index contributed by atoms with van der Waals surface area (Å²) >= 11 is 0. The molecule has 35 heavy (non-hydrogen) atoms. The molecular formula is C27H36N4O4. The number of imidazole rings is 1. The number of H-pyrrole nitrogens is 2. The maximum absolute atomic E-state index is 12.6. The lowest BCUT2D eigenvalue weighted by Gasteiger charge is -2.41. The van der Waals surface area contributed by atoms with Gasteiger partial charge in [-0.15, -0.1) is 0 Å². The van der Waals surface area contributed by atoms with Gasteiger partial charge in [-0.2, -0.15) is 0 Å². The zero-order chi connectivity index (χ0) is 25.7. The molecule has 188 valence electrons. The van der Waals surface area contributed by atoms with Gasteiger partial charge in [-0.25, -0.2) is 9.59 Å². The zero-order valence-corrected chi connectivity index (χ0v) is 21.7. The van der Waals surface area contributed by atoms with E-state index >= 15 is 0 Å². The Labute approximate surface area is 205 Å². The number of aromatic nitrogens is 3. The number of piperidine rings is 1. The highest BCUT2D eigenvalue weighted by atomic mass is 16.5. The molecule has 1 aromatic carbocycles. The zero-order valence-electron chi connectivity index (χ0n) is 21.7. The van der Waals surface area contributed by atoms with Gasteiger partial charge in [-0.05, 0) is 70.6 Å². The highest BCUT2D eigenvalue weighted by Crippen LogP contribution is 2.45. The number of aliphatic carboxylic acids is 1. The van der Waals surface area contributed by atoms with E-state index in [0.29, 0.717) is 16.8 Å². The van der Waals surface area contributed by atoms with Crippen molar-refractivity contribution in [1.29, 1.82) is 0 Å². The van der Waals surface area contributed by atoms with Crippen LogP contribution in [0, 0.1) is 19.3 Å². The van der Waals surface area contributed by atoms with Crippen molar-refractivity contribution in [2.45, 2.75) is 73.0 Å². The van der Waals surface area contributed by atoms with Gasteiger partial charge in [0.2, 0.25) is 0 Å². The molecule has 8 nitrogen and oxygen atoms in total. The topological polar surface area (TPSA) is 111 Å². The summed E-state index contributed by atoms with van der Waals surface area (Å²) in [6.45, 7) is 15.6. The number of fused-ring (bicyclic) bond motifs is 1. The molecule has 1 fully saturated rings. The largest absolute Gasteiger partial charge is 0.479 e. The average molecular weight is 481 g/mol. The molecule has 2 aromatic heterocycles. The molecule has 3 heterocycles. The fourth-order valence-corrected chi connectivity index (χ4v) is 4.94. The molecule has 4 rings (SSSR count). The number of carbonyl (C=O) groups is 1. The van der Waals surface area contributed by atoms with Gasteiger partial charge in [0.25, 0.3) is 0 Å². The fourth-order valence-electron chi connectivity index (χ4n) is 4.94. The summed E-state index contributed by atoms with van der Waals surface area (Å²) in [7, 11) is 0. The van der Waals surface area contributed by atoms with Crippen LogP contribution in [0.1, 0.15) is 70.5 Å². The van der Waals surface area contributed by atoms with Crippen LogP contribution in [0.2, 0.25) is 0 Å². The molecule has 0 saturated carbocycles. The number of carboxylic acids is 1. The van der Waals surface area contributed by atoms with Gasteiger partial charge in [0.05, 0.1) is 22.3 Å². The van der Waals surface area contributed by atoms with Crippen LogP contribution in [0.4, 0.5) is 5.69 Å². The van der Waals surface area contributed by atoms with E-state index in [2.05, 4.69) is 28.7 Å². The average Bonchev–Trinajstić information content (AvgIpc) is 3.10. The molecule has 3 N–H and O–H groups in total.